The molecule has 0 radical (unpaired) electrons. The number of phenolic OH excluding ortho intramolecular Hbond substituents is 1. The second kappa shape index (κ2) is 14.5. The van der Waals surface area contributed by atoms with E-state index in [1.165, 1.54) is 42.5 Å². The Morgan fingerprint density at radius 3 is 2.17 bits per heavy atom. The summed E-state index contributed by atoms with van der Waals surface area (Å²) in [4.78, 5) is 66.3. The number of imide groups is 2. The van der Waals surface area contributed by atoms with Crippen molar-refractivity contribution in [3.05, 3.63) is 121 Å². The lowest BCUT2D eigenvalue weighted by atomic mass is 9.49. The minimum atomic E-state index is -4.90. The largest absolute Gasteiger partial charge is 0.508 e. The second-order valence-electron chi connectivity index (χ2n) is 14.6. The zero-order valence-corrected chi connectivity index (χ0v) is 33.3. The van der Waals surface area contributed by atoms with E-state index < -0.39 is 98.9 Å². The normalized spacial score (nSPS) is 25.2. The van der Waals surface area contributed by atoms with Gasteiger partial charge < -0.3 is 5.11 Å². The molecular weight excluding hydrogens is 888 g/mol. The first kappa shape index (κ1) is 41.6. The van der Waals surface area contributed by atoms with Crippen molar-refractivity contribution in [3.63, 3.8) is 0 Å². The first-order chi connectivity index (χ1) is 28.2. The van der Waals surface area contributed by atoms with Gasteiger partial charge in [0.15, 0.2) is 11.6 Å². The standard InChI is InChI=1S/C39H26Cl4F6N6O5/c1-53(32-25(42)9-11-28(51-32)39(47,48)49)55-33(57)21-8-7-20-22(29(21)35(55)59)14-24-34(58)54(52-31-26(43)12-17(15-50-31)38(44,45)46)36(60)37(24,16-2-4-18(40)5-3-16)30(20)23-13-19(41)6-10-27(23)56/h2-7,9-13,15,21-22,24,29-30,56H,8,14H2,1H3,(H,50,52). The van der Waals surface area contributed by atoms with Gasteiger partial charge in [0.1, 0.15) is 11.4 Å². The molecule has 0 bridgehead atoms. The van der Waals surface area contributed by atoms with Crippen LogP contribution in [0, 0.1) is 23.7 Å². The summed E-state index contributed by atoms with van der Waals surface area (Å²) in [7, 11) is 1.15. The summed E-state index contributed by atoms with van der Waals surface area (Å²) >= 11 is 25.3. The Morgan fingerprint density at radius 1 is 0.833 bits per heavy atom. The van der Waals surface area contributed by atoms with Crippen molar-refractivity contribution >= 4 is 81.7 Å². The minimum absolute atomic E-state index is 0.0521. The van der Waals surface area contributed by atoms with Crippen LogP contribution in [0.2, 0.25) is 20.1 Å². The number of halogens is 10. The molecule has 4 heterocycles. The molecule has 6 unspecified atom stereocenters. The van der Waals surface area contributed by atoms with E-state index in [4.69, 9.17) is 46.4 Å². The van der Waals surface area contributed by atoms with Crippen molar-refractivity contribution in [2.75, 3.05) is 17.5 Å². The van der Waals surface area contributed by atoms with Crippen LogP contribution in [0.3, 0.4) is 0 Å². The van der Waals surface area contributed by atoms with Gasteiger partial charge in [0.05, 0.1) is 38.8 Å². The van der Waals surface area contributed by atoms with E-state index in [9.17, 15) is 45.8 Å². The number of rotatable bonds is 6. The number of hydrogen-bond donors (Lipinski definition) is 2. The van der Waals surface area contributed by atoms with Gasteiger partial charge in [-0.05, 0) is 72.9 Å². The molecular formula is C39H26Cl4F6N6O5. The molecule has 3 fully saturated rings. The Hall–Kier alpha value is -5.10. The average molecular weight is 914 g/mol. The maximum absolute atomic E-state index is 15.3. The van der Waals surface area contributed by atoms with Gasteiger partial charge in [-0.2, -0.15) is 36.4 Å². The number of carbonyl (C=O) groups excluding carboxylic acids is 4. The number of benzene rings is 2. The van der Waals surface area contributed by atoms with Crippen LogP contribution < -0.4 is 10.4 Å². The lowest BCUT2D eigenvalue weighted by Crippen LogP contribution is -2.53. The van der Waals surface area contributed by atoms with Gasteiger partial charge in [0, 0.05) is 34.8 Å². The van der Waals surface area contributed by atoms with E-state index in [0.717, 1.165) is 18.1 Å². The number of carbonyl (C=O) groups is 4. The molecule has 2 aromatic heterocycles. The SMILES string of the molecule is CN(c1nc(C(F)(F)F)ccc1Cl)N1C(=O)C2CC=C3C(CC4C(=O)N(Nc5ncc(C(F)(F)F)cc5Cl)C(=O)C4(c4ccc(Cl)cc4)C3c3cc(Cl)ccc3O)C2C1=O. The predicted molar refractivity (Wildman–Crippen MR) is 204 cm³/mol. The van der Waals surface area contributed by atoms with E-state index in [2.05, 4.69) is 15.4 Å². The molecule has 2 aromatic carbocycles. The van der Waals surface area contributed by atoms with E-state index in [-0.39, 0.29) is 44.8 Å². The Bertz CT molecular complexity index is 2540. The van der Waals surface area contributed by atoms with Crippen LogP contribution >= 0.6 is 46.4 Å². The summed E-state index contributed by atoms with van der Waals surface area (Å²) in [6, 6.07) is 12.1. The van der Waals surface area contributed by atoms with Crippen LogP contribution in [0.25, 0.3) is 0 Å². The number of fused-ring (bicyclic) bond motifs is 4. The Morgan fingerprint density at radius 2 is 1.52 bits per heavy atom. The molecule has 4 amide bonds. The number of phenols is 1. The third-order valence-electron chi connectivity index (χ3n) is 11.6. The van der Waals surface area contributed by atoms with Crippen molar-refractivity contribution in [1.29, 1.82) is 0 Å². The number of pyridine rings is 2. The summed E-state index contributed by atoms with van der Waals surface area (Å²) < 4.78 is 81.6. The van der Waals surface area contributed by atoms with Crippen molar-refractivity contribution in [1.82, 2.24) is 20.0 Å². The number of hydrogen-bond acceptors (Lipinski definition) is 9. The number of anilines is 2. The lowest BCUT2D eigenvalue weighted by Gasteiger charge is -2.50. The summed E-state index contributed by atoms with van der Waals surface area (Å²) in [5, 5.41) is 13.1. The molecule has 0 spiro atoms. The zero-order valence-electron chi connectivity index (χ0n) is 30.3. The number of amides is 4. The molecule has 4 aromatic rings. The summed E-state index contributed by atoms with van der Waals surface area (Å²) in [6.07, 6.45) is -8.03. The molecule has 60 heavy (non-hydrogen) atoms. The molecule has 6 atom stereocenters. The third-order valence-corrected chi connectivity index (χ3v) is 12.6. The van der Waals surface area contributed by atoms with Gasteiger partial charge in [-0.25, -0.2) is 9.97 Å². The molecule has 21 heteroatoms. The molecule has 2 aliphatic heterocycles. The maximum atomic E-state index is 15.3. The van der Waals surface area contributed by atoms with Crippen LogP contribution in [-0.2, 0) is 36.9 Å². The van der Waals surface area contributed by atoms with Crippen molar-refractivity contribution in [2.45, 2.75) is 36.5 Å². The summed E-state index contributed by atoms with van der Waals surface area (Å²) in [6.45, 7) is 0. The van der Waals surface area contributed by atoms with Crippen LogP contribution in [0.1, 0.15) is 41.1 Å². The van der Waals surface area contributed by atoms with Gasteiger partial charge in [-0.1, -0.05) is 70.2 Å². The number of allylic oxidation sites excluding steroid dienone is 2. The molecule has 2 saturated heterocycles. The maximum Gasteiger partial charge on any atom is 0.433 e. The van der Waals surface area contributed by atoms with Crippen molar-refractivity contribution in [2.24, 2.45) is 23.7 Å². The van der Waals surface area contributed by atoms with Crippen LogP contribution in [-0.4, -0.2) is 55.8 Å². The first-order valence-electron chi connectivity index (χ1n) is 17.8. The van der Waals surface area contributed by atoms with Gasteiger partial charge >= 0.3 is 12.4 Å². The molecule has 2 aliphatic carbocycles. The summed E-state index contributed by atoms with van der Waals surface area (Å²) in [5.41, 5.74) is -1.39. The highest BCUT2D eigenvalue weighted by molar-refractivity contribution is 6.33. The zero-order chi connectivity index (χ0) is 43.4. The van der Waals surface area contributed by atoms with E-state index in [0.29, 0.717) is 33.9 Å². The van der Waals surface area contributed by atoms with E-state index in [1.807, 2.05) is 0 Å². The number of nitrogens with one attached hydrogen (secondary N) is 1. The van der Waals surface area contributed by atoms with E-state index >= 15 is 4.79 Å². The number of nitrogens with zero attached hydrogens (tertiary/aromatic N) is 5. The van der Waals surface area contributed by atoms with Crippen molar-refractivity contribution in [3.8, 4) is 5.75 Å². The summed E-state index contributed by atoms with van der Waals surface area (Å²) in [5.74, 6) is -11.0. The molecule has 4 aliphatic rings. The van der Waals surface area contributed by atoms with Crippen molar-refractivity contribution < 1.29 is 50.6 Å². The average Bonchev–Trinajstić information content (AvgIpc) is 3.56. The Kier molecular flexibility index (Phi) is 10.1. The fourth-order valence-corrected chi connectivity index (χ4v) is 9.82. The Balaban J connectivity index is 1.28. The number of aromatic hydroxyl groups is 1. The molecule has 1 saturated carbocycles. The quantitative estimate of drug-likeness (QED) is 0.111. The second-order valence-corrected chi connectivity index (χ2v) is 16.3. The number of hydrazine groups is 2. The van der Waals surface area contributed by atoms with E-state index in [1.54, 1.807) is 6.08 Å². The fraction of sp³-hybridized carbons (Fsp3) is 0.282. The highest BCUT2D eigenvalue weighted by Crippen LogP contribution is 2.65. The highest BCUT2D eigenvalue weighted by Gasteiger charge is 2.71. The predicted octanol–water partition coefficient (Wildman–Crippen LogP) is 8.87. The van der Waals surface area contributed by atoms with Gasteiger partial charge in [0.25, 0.3) is 23.6 Å². The van der Waals surface area contributed by atoms with Gasteiger partial charge in [0.2, 0.25) is 0 Å². The lowest BCUT2D eigenvalue weighted by molar-refractivity contribution is -0.142. The smallest absolute Gasteiger partial charge is 0.433 e. The van der Waals surface area contributed by atoms with Crippen LogP contribution in [0.15, 0.2) is 78.5 Å². The number of alkyl halides is 6. The topological polar surface area (TPSA) is 136 Å². The monoisotopic (exact) mass is 912 g/mol. The minimum Gasteiger partial charge on any atom is -0.508 e. The molecule has 11 nitrogen and oxygen atoms in total. The highest BCUT2D eigenvalue weighted by atomic mass is 35.5. The first-order valence-corrected chi connectivity index (χ1v) is 19.3. The molecule has 312 valence electrons. The molecule has 8 rings (SSSR count). The van der Waals surface area contributed by atoms with Gasteiger partial charge in [-0.15, -0.1) is 0 Å². The third kappa shape index (κ3) is 6.43. The molecule has 2 N–H and O–H groups in total. The van der Waals surface area contributed by atoms with Gasteiger partial charge in [-0.3, -0.25) is 29.6 Å². The number of aromatic nitrogens is 2. The Labute approximate surface area is 355 Å². The van der Waals surface area contributed by atoms with Crippen LogP contribution in [0.5, 0.6) is 5.75 Å². The van der Waals surface area contributed by atoms with Crippen LogP contribution in [0.4, 0.5) is 38.0 Å². The fourth-order valence-electron chi connectivity index (χ4n) is 9.07.